The van der Waals surface area contributed by atoms with Crippen LogP contribution in [0.3, 0.4) is 0 Å². The van der Waals surface area contributed by atoms with E-state index in [1.165, 1.54) is 16.9 Å². The number of likely N-dealkylation sites (tertiary alicyclic amines) is 1. The number of ether oxygens (including phenoxy) is 2. The summed E-state index contributed by atoms with van der Waals surface area (Å²) in [5.74, 6) is 1.15. The molecule has 1 fully saturated rings. The van der Waals surface area contributed by atoms with Gasteiger partial charge in [-0.3, -0.25) is 4.79 Å². The number of nitrogens with zero attached hydrogens (tertiary/aromatic N) is 3. The fourth-order valence-electron chi connectivity index (χ4n) is 4.05. The highest BCUT2D eigenvalue weighted by Gasteiger charge is 2.27. The molecule has 3 aromatic rings. The smallest absolute Gasteiger partial charge is 0.317 e. The molecule has 176 valence electrons. The summed E-state index contributed by atoms with van der Waals surface area (Å²) in [5.41, 5.74) is 1.81. The predicted octanol–water partition coefficient (Wildman–Crippen LogP) is 3.65. The van der Waals surface area contributed by atoms with Crippen LogP contribution in [-0.4, -0.2) is 53.5 Å². The van der Waals surface area contributed by atoms with Gasteiger partial charge in [0.2, 0.25) is 11.8 Å². The first-order chi connectivity index (χ1) is 16.7. The molecule has 0 spiro atoms. The summed E-state index contributed by atoms with van der Waals surface area (Å²) >= 11 is 1.30. The minimum absolute atomic E-state index is 0.0320. The molecule has 0 bridgehead atoms. The van der Waals surface area contributed by atoms with Crippen LogP contribution in [0.15, 0.2) is 48.5 Å². The first-order valence-corrected chi connectivity index (χ1v) is 12.1. The Hall–Kier alpha value is -3.66. The van der Waals surface area contributed by atoms with E-state index in [4.69, 9.17) is 9.47 Å². The molecule has 1 saturated heterocycles. The molecule has 0 aliphatic carbocycles. The van der Waals surface area contributed by atoms with Crippen LogP contribution in [0.25, 0.3) is 0 Å². The number of carbonyl (C=O) groups is 2. The van der Waals surface area contributed by atoms with Crippen molar-refractivity contribution in [3.8, 4) is 11.5 Å². The number of aromatic nitrogens is 2. The molecule has 5 rings (SSSR count). The molecule has 9 nitrogen and oxygen atoms in total. The third-order valence-electron chi connectivity index (χ3n) is 5.93. The predicted molar refractivity (Wildman–Crippen MR) is 128 cm³/mol. The molecule has 3 heterocycles. The second-order valence-corrected chi connectivity index (χ2v) is 9.21. The van der Waals surface area contributed by atoms with E-state index in [0.29, 0.717) is 41.8 Å². The van der Waals surface area contributed by atoms with Gasteiger partial charge in [-0.25, -0.2) is 4.79 Å². The minimum atomic E-state index is -0.308. The van der Waals surface area contributed by atoms with E-state index < -0.39 is 0 Å². The lowest BCUT2D eigenvalue weighted by Crippen LogP contribution is -2.44. The van der Waals surface area contributed by atoms with Gasteiger partial charge in [-0.15, -0.1) is 10.2 Å². The Morgan fingerprint density at radius 3 is 2.65 bits per heavy atom. The Labute approximate surface area is 201 Å². The van der Waals surface area contributed by atoms with Crippen molar-refractivity contribution in [3.05, 3.63) is 64.1 Å². The molecule has 34 heavy (non-hydrogen) atoms. The van der Waals surface area contributed by atoms with Gasteiger partial charge >= 0.3 is 6.03 Å². The van der Waals surface area contributed by atoms with Crippen molar-refractivity contribution in [2.75, 3.05) is 31.7 Å². The highest BCUT2D eigenvalue weighted by atomic mass is 32.1. The van der Waals surface area contributed by atoms with Crippen molar-refractivity contribution in [1.82, 2.24) is 20.4 Å². The van der Waals surface area contributed by atoms with Crippen LogP contribution >= 0.6 is 11.3 Å². The number of rotatable bonds is 6. The van der Waals surface area contributed by atoms with Crippen LogP contribution in [-0.2, 0) is 6.42 Å². The lowest BCUT2D eigenvalue weighted by molar-refractivity contribution is 0.102. The number of benzene rings is 2. The van der Waals surface area contributed by atoms with Crippen molar-refractivity contribution in [2.45, 2.75) is 25.2 Å². The van der Waals surface area contributed by atoms with Gasteiger partial charge in [-0.05, 0) is 37.0 Å². The van der Waals surface area contributed by atoms with Gasteiger partial charge < -0.3 is 25.0 Å². The molecule has 2 N–H and O–H groups in total. The van der Waals surface area contributed by atoms with Gasteiger partial charge in [0.1, 0.15) is 5.01 Å². The van der Waals surface area contributed by atoms with E-state index in [2.05, 4.69) is 33.0 Å². The number of carbonyl (C=O) groups excluding carboxylic acids is 2. The Bertz CT molecular complexity index is 1160. The Kier molecular flexibility index (Phi) is 6.57. The van der Waals surface area contributed by atoms with Gasteiger partial charge in [0.25, 0.3) is 5.91 Å². The first-order valence-electron chi connectivity index (χ1n) is 11.3. The minimum Gasteiger partial charge on any atom is -0.454 e. The number of piperidine rings is 1. The maximum absolute atomic E-state index is 12.6. The quantitative estimate of drug-likeness (QED) is 0.559. The van der Waals surface area contributed by atoms with E-state index >= 15 is 0 Å². The summed E-state index contributed by atoms with van der Waals surface area (Å²) in [6.07, 6.45) is 2.40. The molecule has 0 unspecified atom stereocenters. The average molecular weight is 480 g/mol. The Morgan fingerprint density at radius 1 is 1.03 bits per heavy atom. The van der Waals surface area contributed by atoms with Crippen LogP contribution in [0, 0.1) is 0 Å². The maximum Gasteiger partial charge on any atom is 0.317 e. The zero-order valence-electron chi connectivity index (χ0n) is 18.5. The SMILES string of the molecule is O=C(Nc1ccc2c(c1)OCO2)c1nnc(C2CCN(C(=O)NCCc3ccccc3)CC2)s1. The van der Waals surface area contributed by atoms with E-state index in [0.717, 1.165) is 24.3 Å². The van der Waals surface area contributed by atoms with E-state index in [9.17, 15) is 9.59 Å². The monoisotopic (exact) mass is 479 g/mol. The van der Waals surface area contributed by atoms with Gasteiger partial charge in [-0.2, -0.15) is 0 Å². The van der Waals surface area contributed by atoms with Crippen molar-refractivity contribution in [1.29, 1.82) is 0 Å². The molecule has 0 radical (unpaired) electrons. The standard InChI is InChI=1S/C24H25N5O4S/c30-21(26-18-6-7-19-20(14-18)33-15-32-19)23-28-27-22(34-23)17-9-12-29(13-10-17)24(31)25-11-8-16-4-2-1-3-5-16/h1-7,14,17H,8-13,15H2,(H,25,31)(H,26,30). The summed E-state index contributed by atoms with van der Waals surface area (Å²) in [6, 6.07) is 15.3. The average Bonchev–Trinajstić information content (AvgIpc) is 3.55. The van der Waals surface area contributed by atoms with Gasteiger partial charge in [0, 0.05) is 37.3 Å². The second-order valence-electron chi connectivity index (χ2n) is 8.20. The van der Waals surface area contributed by atoms with Crippen LogP contribution in [0.2, 0.25) is 0 Å². The second kappa shape index (κ2) is 10.1. The number of fused-ring (bicyclic) bond motifs is 1. The zero-order valence-corrected chi connectivity index (χ0v) is 19.3. The third kappa shape index (κ3) is 5.12. The molecule has 3 amide bonds. The lowest BCUT2D eigenvalue weighted by Gasteiger charge is -2.31. The number of hydrogen-bond acceptors (Lipinski definition) is 7. The molecule has 0 atom stereocenters. The Balaban J connectivity index is 1.09. The maximum atomic E-state index is 12.6. The largest absolute Gasteiger partial charge is 0.454 e. The normalized spacial score (nSPS) is 15.2. The van der Waals surface area contributed by atoms with Gasteiger partial charge in [-0.1, -0.05) is 41.7 Å². The van der Waals surface area contributed by atoms with Crippen molar-refractivity contribution in [3.63, 3.8) is 0 Å². The summed E-state index contributed by atoms with van der Waals surface area (Å²) < 4.78 is 10.6. The molecule has 1 aromatic heterocycles. The fraction of sp³-hybridized carbons (Fsp3) is 0.333. The van der Waals surface area contributed by atoms with Crippen molar-refractivity contribution in [2.24, 2.45) is 0 Å². The summed E-state index contributed by atoms with van der Waals surface area (Å²) in [5, 5.41) is 15.3. The van der Waals surface area contributed by atoms with Crippen LogP contribution in [0.5, 0.6) is 11.5 Å². The molecule has 2 aromatic carbocycles. The van der Waals surface area contributed by atoms with Gasteiger partial charge in [0.05, 0.1) is 0 Å². The molecule has 2 aliphatic rings. The van der Waals surface area contributed by atoms with Crippen molar-refractivity contribution >= 4 is 29.0 Å². The number of hydrogen-bond donors (Lipinski definition) is 2. The number of nitrogens with one attached hydrogen (secondary N) is 2. The Morgan fingerprint density at radius 2 is 1.82 bits per heavy atom. The van der Waals surface area contributed by atoms with E-state index in [1.54, 1.807) is 18.2 Å². The number of amides is 3. The van der Waals surface area contributed by atoms with Crippen LogP contribution < -0.4 is 20.1 Å². The fourth-order valence-corrected chi connectivity index (χ4v) is 4.96. The summed E-state index contributed by atoms with van der Waals surface area (Å²) in [6.45, 7) is 2.10. The van der Waals surface area contributed by atoms with E-state index in [1.807, 2.05) is 23.1 Å². The number of urea groups is 1. The van der Waals surface area contributed by atoms with E-state index in [-0.39, 0.29) is 24.6 Å². The van der Waals surface area contributed by atoms with Gasteiger partial charge in [0.15, 0.2) is 11.5 Å². The van der Waals surface area contributed by atoms with Crippen LogP contribution in [0.1, 0.15) is 39.1 Å². The van der Waals surface area contributed by atoms with Crippen LogP contribution in [0.4, 0.5) is 10.5 Å². The molecule has 10 heteroatoms. The topological polar surface area (TPSA) is 106 Å². The van der Waals surface area contributed by atoms with Crippen molar-refractivity contribution < 1.29 is 19.1 Å². The lowest BCUT2D eigenvalue weighted by atomic mass is 9.98. The molecule has 0 saturated carbocycles. The third-order valence-corrected chi connectivity index (χ3v) is 7.01. The summed E-state index contributed by atoms with van der Waals surface area (Å²) in [4.78, 5) is 27.0. The first kappa shape index (κ1) is 22.1. The zero-order chi connectivity index (χ0) is 23.3. The highest BCUT2D eigenvalue weighted by Crippen LogP contribution is 2.35. The molecule has 2 aliphatic heterocycles. The molecular weight excluding hydrogens is 454 g/mol. The number of anilines is 1. The highest BCUT2D eigenvalue weighted by molar-refractivity contribution is 7.13. The summed E-state index contributed by atoms with van der Waals surface area (Å²) in [7, 11) is 0. The molecular formula is C24H25N5O4S.